The van der Waals surface area contributed by atoms with Gasteiger partial charge in [-0.15, -0.1) is 0 Å². The number of para-hydroxylation sites is 1. The molecule has 182 valence electrons. The van der Waals surface area contributed by atoms with Crippen LogP contribution >= 0.6 is 0 Å². The number of benzene rings is 2. The molecule has 4 heterocycles. The van der Waals surface area contributed by atoms with Crippen LogP contribution in [-0.2, 0) is 17.7 Å². The van der Waals surface area contributed by atoms with Gasteiger partial charge in [0.05, 0.1) is 30.7 Å². The Morgan fingerprint density at radius 3 is 2.97 bits per heavy atom. The van der Waals surface area contributed by atoms with Gasteiger partial charge in [-0.3, -0.25) is 14.8 Å². The molecule has 2 aromatic heterocycles. The van der Waals surface area contributed by atoms with Gasteiger partial charge in [0.15, 0.2) is 0 Å². The summed E-state index contributed by atoms with van der Waals surface area (Å²) in [6.07, 6.45) is 5.85. The molecule has 0 saturated carbocycles. The topological polar surface area (TPSA) is 92.4 Å². The van der Waals surface area contributed by atoms with Crippen LogP contribution in [0, 0.1) is 6.92 Å². The Balaban J connectivity index is 1.20. The third-order valence-electron chi connectivity index (χ3n) is 6.60. The van der Waals surface area contributed by atoms with E-state index in [0.29, 0.717) is 19.7 Å². The van der Waals surface area contributed by atoms with E-state index in [0.717, 1.165) is 63.9 Å². The maximum absolute atomic E-state index is 11.8. The van der Waals surface area contributed by atoms with Crippen LogP contribution < -0.4 is 20.5 Å². The van der Waals surface area contributed by atoms with Crippen LogP contribution in [0.2, 0.25) is 0 Å². The first-order valence-corrected chi connectivity index (χ1v) is 12.1. The minimum absolute atomic E-state index is 0.103. The molecule has 0 amide bonds. The lowest BCUT2D eigenvalue weighted by Gasteiger charge is -2.36. The molecule has 1 atom stereocenters. The number of fused-ring (bicyclic) bond motifs is 2. The van der Waals surface area contributed by atoms with Crippen molar-refractivity contribution in [3.63, 3.8) is 0 Å². The SMILES string of the molecule is Cc1cncc(CNc2ccc3c(c2)Cc2cccc(C4CN(c5cc[nH]c(=O)c5)CCO4)c2O3)n1. The molecule has 8 nitrogen and oxygen atoms in total. The largest absolute Gasteiger partial charge is 0.456 e. The molecular formula is C28H27N5O3. The molecule has 2 aliphatic rings. The first kappa shape index (κ1) is 22.3. The van der Waals surface area contributed by atoms with Crippen molar-refractivity contribution in [3.8, 4) is 11.5 Å². The smallest absolute Gasteiger partial charge is 0.249 e. The Bertz CT molecular complexity index is 1470. The summed E-state index contributed by atoms with van der Waals surface area (Å²) >= 11 is 0. The van der Waals surface area contributed by atoms with E-state index < -0.39 is 0 Å². The molecular weight excluding hydrogens is 454 g/mol. The van der Waals surface area contributed by atoms with Crippen LogP contribution in [0.25, 0.3) is 0 Å². The van der Waals surface area contributed by atoms with Gasteiger partial charge in [0, 0.05) is 60.5 Å². The molecule has 1 saturated heterocycles. The highest BCUT2D eigenvalue weighted by Crippen LogP contribution is 2.43. The highest BCUT2D eigenvalue weighted by molar-refractivity contribution is 5.59. The minimum Gasteiger partial charge on any atom is -0.456 e. The van der Waals surface area contributed by atoms with E-state index in [1.54, 1.807) is 24.7 Å². The predicted molar refractivity (Wildman–Crippen MR) is 138 cm³/mol. The van der Waals surface area contributed by atoms with Gasteiger partial charge in [0.1, 0.15) is 17.6 Å². The molecule has 6 rings (SSSR count). The molecule has 1 fully saturated rings. The lowest BCUT2D eigenvalue weighted by molar-refractivity contribution is 0.0384. The summed E-state index contributed by atoms with van der Waals surface area (Å²) in [6.45, 7) is 4.52. The normalized spacial score (nSPS) is 16.6. The summed E-state index contributed by atoms with van der Waals surface area (Å²) in [5.74, 6) is 1.73. The standard InChI is InChI=1S/C28H27N5O3/c1-18-14-29-15-22(32-18)16-31-21-5-6-25-20(12-21)11-19-3-2-4-24(28(19)36-25)26-17-33(9-10-35-26)23-7-8-30-27(34)13-23/h2-8,12-15,26,31H,9-11,16-17H2,1H3,(H,30,34). The van der Waals surface area contributed by atoms with Gasteiger partial charge in [-0.2, -0.15) is 0 Å². The fourth-order valence-electron chi connectivity index (χ4n) is 4.86. The molecule has 0 radical (unpaired) electrons. The zero-order valence-electron chi connectivity index (χ0n) is 20.0. The third kappa shape index (κ3) is 4.55. The Kier molecular flexibility index (Phi) is 5.87. The summed E-state index contributed by atoms with van der Waals surface area (Å²) in [5.41, 5.74) is 6.93. The van der Waals surface area contributed by atoms with Gasteiger partial charge < -0.3 is 24.7 Å². The average Bonchev–Trinajstić information content (AvgIpc) is 2.90. The molecule has 8 heteroatoms. The summed E-state index contributed by atoms with van der Waals surface area (Å²) in [5, 5.41) is 3.44. The summed E-state index contributed by atoms with van der Waals surface area (Å²) < 4.78 is 12.6. The number of hydrogen-bond acceptors (Lipinski definition) is 7. The highest BCUT2D eigenvalue weighted by Gasteiger charge is 2.28. The van der Waals surface area contributed by atoms with Crippen molar-refractivity contribution in [1.82, 2.24) is 15.0 Å². The molecule has 0 aliphatic carbocycles. The van der Waals surface area contributed by atoms with Crippen molar-refractivity contribution in [2.24, 2.45) is 0 Å². The number of rotatable bonds is 5. The lowest BCUT2D eigenvalue weighted by atomic mass is 9.95. The number of aryl methyl sites for hydroxylation is 1. The Morgan fingerprint density at radius 1 is 1.14 bits per heavy atom. The fraction of sp³-hybridized carbons (Fsp3) is 0.250. The number of aromatic nitrogens is 3. The van der Waals surface area contributed by atoms with Crippen molar-refractivity contribution in [3.05, 3.63) is 106 Å². The van der Waals surface area contributed by atoms with E-state index >= 15 is 0 Å². The van der Waals surface area contributed by atoms with Gasteiger partial charge in [0.2, 0.25) is 5.56 Å². The summed E-state index contributed by atoms with van der Waals surface area (Å²) in [4.78, 5) is 25.4. The lowest BCUT2D eigenvalue weighted by Crippen LogP contribution is -2.39. The van der Waals surface area contributed by atoms with Crippen LogP contribution in [0.15, 0.2) is 71.9 Å². The van der Waals surface area contributed by atoms with Gasteiger partial charge in [-0.1, -0.05) is 18.2 Å². The summed E-state index contributed by atoms with van der Waals surface area (Å²) in [7, 11) is 0. The van der Waals surface area contributed by atoms with E-state index in [1.165, 1.54) is 0 Å². The van der Waals surface area contributed by atoms with Crippen LogP contribution in [0.3, 0.4) is 0 Å². The number of nitrogens with one attached hydrogen (secondary N) is 2. The maximum atomic E-state index is 11.8. The highest BCUT2D eigenvalue weighted by atomic mass is 16.5. The van der Waals surface area contributed by atoms with Gasteiger partial charge in [-0.25, -0.2) is 0 Å². The van der Waals surface area contributed by atoms with Crippen LogP contribution in [-0.4, -0.2) is 34.6 Å². The number of nitrogens with zero attached hydrogens (tertiary/aromatic N) is 3. The number of pyridine rings is 1. The molecule has 0 bridgehead atoms. The fourth-order valence-corrected chi connectivity index (χ4v) is 4.86. The zero-order valence-corrected chi connectivity index (χ0v) is 20.0. The number of aromatic amines is 1. The first-order chi connectivity index (χ1) is 17.6. The van der Waals surface area contributed by atoms with Crippen LogP contribution in [0.1, 0.15) is 34.2 Å². The molecule has 0 spiro atoms. The summed E-state index contributed by atoms with van der Waals surface area (Å²) in [6, 6.07) is 16.0. The van der Waals surface area contributed by atoms with Crippen molar-refractivity contribution < 1.29 is 9.47 Å². The van der Waals surface area contributed by atoms with Crippen molar-refractivity contribution in [2.75, 3.05) is 29.9 Å². The quantitative estimate of drug-likeness (QED) is 0.385. The number of hydrogen-bond donors (Lipinski definition) is 2. The second-order valence-electron chi connectivity index (χ2n) is 9.16. The maximum Gasteiger partial charge on any atom is 0.249 e. The van der Waals surface area contributed by atoms with Gasteiger partial charge in [-0.05, 0) is 36.8 Å². The van der Waals surface area contributed by atoms with E-state index in [4.69, 9.17) is 9.47 Å². The molecule has 4 aromatic rings. The van der Waals surface area contributed by atoms with Crippen molar-refractivity contribution in [2.45, 2.75) is 26.0 Å². The molecule has 36 heavy (non-hydrogen) atoms. The van der Waals surface area contributed by atoms with E-state index in [2.05, 4.69) is 49.4 Å². The number of H-pyrrole nitrogens is 1. The average molecular weight is 482 g/mol. The van der Waals surface area contributed by atoms with E-state index in [1.807, 2.05) is 25.1 Å². The molecule has 1 unspecified atom stereocenters. The van der Waals surface area contributed by atoms with E-state index in [9.17, 15) is 4.79 Å². The van der Waals surface area contributed by atoms with Crippen LogP contribution in [0.4, 0.5) is 11.4 Å². The Labute approximate surface area is 209 Å². The monoisotopic (exact) mass is 481 g/mol. The second-order valence-corrected chi connectivity index (χ2v) is 9.16. The molecule has 2 aliphatic heterocycles. The molecule has 2 N–H and O–H groups in total. The molecule has 2 aromatic carbocycles. The first-order valence-electron chi connectivity index (χ1n) is 12.1. The number of morpholine rings is 1. The Morgan fingerprint density at radius 2 is 2.08 bits per heavy atom. The number of anilines is 2. The van der Waals surface area contributed by atoms with Crippen molar-refractivity contribution >= 4 is 11.4 Å². The second kappa shape index (κ2) is 9.47. The minimum atomic E-state index is -0.147. The van der Waals surface area contributed by atoms with Crippen LogP contribution in [0.5, 0.6) is 11.5 Å². The third-order valence-corrected chi connectivity index (χ3v) is 6.60. The van der Waals surface area contributed by atoms with Gasteiger partial charge in [0.25, 0.3) is 0 Å². The van der Waals surface area contributed by atoms with Crippen molar-refractivity contribution in [1.29, 1.82) is 0 Å². The Hall–Kier alpha value is -4.17. The number of ether oxygens (including phenoxy) is 2. The predicted octanol–water partition coefficient (Wildman–Crippen LogP) is 4.36. The zero-order chi connectivity index (χ0) is 24.5. The van der Waals surface area contributed by atoms with E-state index in [-0.39, 0.29) is 11.7 Å². The van der Waals surface area contributed by atoms with Gasteiger partial charge >= 0.3 is 0 Å².